The maximum absolute atomic E-state index is 12.2. The molecule has 5 nitrogen and oxygen atoms in total. The van der Waals surface area contributed by atoms with Crippen LogP contribution in [-0.4, -0.2) is 23.8 Å². The number of hydrogen-bond donors (Lipinski definition) is 1. The van der Waals surface area contributed by atoms with Crippen molar-refractivity contribution in [2.75, 3.05) is 5.32 Å². The summed E-state index contributed by atoms with van der Waals surface area (Å²) in [4.78, 5) is 36.1. The number of Topliss-reactive ketones (excluding diaryl/α,β-unsaturated/α-hetero) is 1. The number of ether oxygens (including phenoxy) is 1. The summed E-state index contributed by atoms with van der Waals surface area (Å²) in [6.07, 6.45) is -0.151. The fourth-order valence-electron chi connectivity index (χ4n) is 2.53. The van der Waals surface area contributed by atoms with E-state index in [2.05, 4.69) is 5.32 Å². The van der Waals surface area contributed by atoms with E-state index in [1.54, 1.807) is 24.3 Å². The SMILES string of the molecule is CCc1ccccc1NC(=O)CCC(=O)OC(C)C(=O)c1ccccc1. The third-order valence-corrected chi connectivity index (χ3v) is 3.96. The number of anilines is 1. The van der Waals surface area contributed by atoms with Crippen molar-refractivity contribution in [2.45, 2.75) is 39.2 Å². The number of carbonyl (C=O) groups is 3. The van der Waals surface area contributed by atoms with Crippen molar-refractivity contribution in [2.24, 2.45) is 0 Å². The molecular weight excluding hydrogens is 330 g/mol. The van der Waals surface area contributed by atoms with E-state index >= 15 is 0 Å². The monoisotopic (exact) mass is 353 g/mol. The molecule has 1 unspecified atom stereocenters. The minimum atomic E-state index is -0.881. The largest absolute Gasteiger partial charge is 0.454 e. The molecule has 1 atom stereocenters. The molecule has 5 heteroatoms. The first-order chi connectivity index (χ1) is 12.5. The van der Waals surface area contributed by atoms with Crippen LogP contribution < -0.4 is 5.32 Å². The molecule has 2 aromatic rings. The average molecular weight is 353 g/mol. The Balaban J connectivity index is 1.81. The molecule has 0 aromatic heterocycles. The van der Waals surface area contributed by atoms with Crippen LogP contribution in [0.5, 0.6) is 0 Å². The minimum absolute atomic E-state index is 0.00310. The minimum Gasteiger partial charge on any atom is -0.454 e. The molecule has 0 aliphatic rings. The van der Waals surface area contributed by atoms with Crippen molar-refractivity contribution < 1.29 is 19.1 Å². The summed E-state index contributed by atoms with van der Waals surface area (Å²) in [6, 6.07) is 16.2. The number of benzene rings is 2. The van der Waals surface area contributed by atoms with E-state index in [0.29, 0.717) is 5.56 Å². The fourth-order valence-corrected chi connectivity index (χ4v) is 2.53. The van der Waals surface area contributed by atoms with Crippen LogP contribution in [0.4, 0.5) is 5.69 Å². The maximum Gasteiger partial charge on any atom is 0.307 e. The van der Waals surface area contributed by atoms with Gasteiger partial charge in [0.25, 0.3) is 0 Å². The highest BCUT2D eigenvalue weighted by atomic mass is 16.5. The lowest BCUT2D eigenvalue weighted by Gasteiger charge is -2.13. The molecule has 2 rings (SSSR count). The fraction of sp³-hybridized carbons (Fsp3) is 0.286. The van der Waals surface area contributed by atoms with Crippen LogP contribution in [-0.2, 0) is 20.7 Å². The number of hydrogen-bond acceptors (Lipinski definition) is 4. The van der Waals surface area contributed by atoms with Crippen molar-refractivity contribution in [3.05, 3.63) is 65.7 Å². The van der Waals surface area contributed by atoms with Crippen LogP contribution >= 0.6 is 0 Å². The van der Waals surface area contributed by atoms with E-state index in [1.165, 1.54) is 6.92 Å². The average Bonchev–Trinajstić information content (AvgIpc) is 2.67. The van der Waals surface area contributed by atoms with Gasteiger partial charge in [-0.1, -0.05) is 55.5 Å². The summed E-state index contributed by atoms with van der Waals surface area (Å²) in [6.45, 7) is 3.54. The Morgan fingerprint density at radius 2 is 1.62 bits per heavy atom. The third kappa shape index (κ3) is 5.55. The van der Waals surface area contributed by atoms with Gasteiger partial charge in [-0.05, 0) is 25.0 Å². The van der Waals surface area contributed by atoms with Gasteiger partial charge < -0.3 is 10.1 Å². The normalized spacial score (nSPS) is 11.5. The quantitative estimate of drug-likeness (QED) is 0.579. The summed E-state index contributed by atoms with van der Waals surface area (Å²) in [7, 11) is 0. The summed E-state index contributed by atoms with van der Waals surface area (Å²) in [5, 5.41) is 2.81. The van der Waals surface area contributed by atoms with Crippen LogP contribution in [0.15, 0.2) is 54.6 Å². The van der Waals surface area contributed by atoms with E-state index in [4.69, 9.17) is 4.74 Å². The smallest absolute Gasteiger partial charge is 0.307 e. The van der Waals surface area contributed by atoms with Gasteiger partial charge in [0.1, 0.15) is 0 Å². The van der Waals surface area contributed by atoms with E-state index in [0.717, 1.165) is 17.7 Å². The van der Waals surface area contributed by atoms with Gasteiger partial charge in [-0.25, -0.2) is 0 Å². The number of nitrogens with one attached hydrogen (secondary N) is 1. The van der Waals surface area contributed by atoms with Crippen molar-refractivity contribution in [3.63, 3.8) is 0 Å². The molecule has 136 valence electrons. The zero-order valence-electron chi connectivity index (χ0n) is 15.0. The lowest BCUT2D eigenvalue weighted by molar-refractivity contribution is -0.147. The van der Waals surface area contributed by atoms with Gasteiger partial charge in [0.15, 0.2) is 6.10 Å². The first-order valence-electron chi connectivity index (χ1n) is 8.67. The molecule has 26 heavy (non-hydrogen) atoms. The molecule has 0 fully saturated rings. The molecule has 0 aliphatic carbocycles. The summed E-state index contributed by atoms with van der Waals surface area (Å²) in [5.41, 5.74) is 2.27. The Morgan fingerprint density at radius 3 is 2.31 bits per heavy atom. The van der Waals surface area contributed by atoms with Crippen LogP contribution in [0.3, 0.4) is 0 Å². The number of carbonyl (C=O) groups excluding carboxylic acids is 3. The molecule has 1 N–H and O–H groups in total. The molecule has 0 bridgehead atoms. The highest BCUT2D eigenvalue weighted by molar-refractivity contribution is 6.00. The van der Waals surface area contributed by atoms with Crippen molar-refractivity contribution >= 4 is 23.3 Å². The van der Waals surface area contributed by atoms with E-state index in [9.17, 15) is 14.4 Å². The molecule has 0 spiro atoms. The van der Waals surface area contributed by atoms with Crippen LogP contribution in [0.25, 0.3) is 0 Å². The van der Waals surface area contributed by atoms with Crippen LogP contribution in [0, 0.1) is 0 Å². The van der Waals surface area contributed by atoms with Gasteiger partial charge in [0, 0.05) is 17.7 Å². The second-order valence-electron chi connectivity index (χ2n) is 5.92. The molecule has 0 saturated heterocycles. The first kappa shape index (κ1) is 19.4. The van der Waals surface area contributed by atoms with Crippen molar-refractivity contribution in [1.29, 1.82) is 0 Å². The zero-order chi connectivity index (χ0) is 18.9. The first-order valence-corrected chi connectivity index (χ1v) is 8.67. The van der Waals surface area contributed by atoms with E-state index in [1.807, 2.05) is 37.3 Å². The highest BCUT2D eigenvalue weighted by Gasteiger charge is 2.19. The second-order valence-corrected chi connectivity index (χ2v) is 5.92. The molecule has 0 aliphatic heterocycles. The van der Waals surface area contributed by atoms with Gasteiger partial charge >= 0.3 is 5.97 Å². The number of para-hydroxylation sites is 1. The summed E-state index contributed by atoms with van der Waals surface area (Å²) < 4.78 is 5.14. The number of rotatable bonds is 8. The molecule has 2 aromatic carbocycles. The van der Waals surface area contributed by atoms with Gasteiger partial charge in [-0.2, -0.15) is 0 Å². The third-order valence-electron chi connectivity index (χ3n) is 3.96. The van der Waals surface area contributed by atoms with Crippen molar-refractivity contribution in [3.8, 4) is 0 Å². The predicted molar refractivity (Wildman–Crippen MR) is 100 cm³/mol. The Morgan fingerprint density at radius 1 is 0.962 bits per heavy atom. The Kier molecular flexibility index (Phi) is 7.09. The van der Waals surface area contributed by atoms with E-state index < -0.39 is 12.1 Å². The number of esters is 1. The summed E-state index contributed by atoms with van der Waals surface area (Å²) in [5.74, 6) is -1.09. The maximum atomic E-state index is 12.2. The van der Waals surface area contributed by atoms with Gasteiger partial charge in [-0.15, -0.1) is 0 Å². The van der Waals surface area contributed by atoms with Gasteiger partial charge in [-0.3, -0.25) is 14.4 Å². The lowest BCUT2D eigenvalue weighted by Crippen LogP contribution is -2.25. The van der Waals surface area contributed by atoms with Gasteiger partial charge in [0.2, 0.25) is 11.7 Å². The predicted octanol–water partition coefficient (Wildman–Crippen LogP) is 3.78. The highest BCUT2D eigenvalue weighted by Crippen LogP contribution is 2.16. The Bertz CT molecular complexity index is 771. The Hall–Kier alpha value is -2.95. The van der Waals surface area contributed by atoms with Crippen LogP contribution in [0.1, 0.15) is 42.6 Å². The molecular formula is C21H23NO4. The van der Waals surface area contributed by atoms with Crippen LogP contribution in [0.2, 0.25) is 0 Å². The molecule has 1 amide bonds. The van der Waals surface area contributed by atoms with E-state index in [-0.39, 0.29) is 24.5 Å². The number of aryl methyl sites for hydroxylation is 1. The lowest BCUT2D eigenvalue weighted by atomic mass is 10.1. The second kappa shape index (κ2) is 9.51. The van der Waals surface area contributed by atoms with Crippen molar-refractivity contribution in [1.82, 2.24) is 0 Å². The van der Waals surface area contributed by atoms with Gasteiger partial charge in [0.05, 0.1) is 6.42 Å². The number of amides is 1. The summed E-state index contributed by atoms with van der Waals surface area (Å²) >= 11 is 0. The topological polar surface area (TPSA) is 72.5 Å². The molecule has 0 radical (unpaired) electrons. The molecule has 0 saturated carbocycles. The molecule has 0 heterocycles. The Labute approximate surface area is 153 Å². The standard InChI is InChI=1S/C21H23NO4/c1-3-16-9-7-8-12-18(16)22-19(23)13-14-20(24)26-15(2)21(25)17-10-5-4-6-11-17/h4-12,15H,3,13-14H2,1-2H3,(H,22,23). The zero-order valence-corrected chi connectivity index (χ0v) is 15.0. The number of ketones is 1.